The minimum absolute atomic E-state index is 0.213. The molecule has 1 N–H and O–H groups in total. The van der Waals surface area contributed by atoms with Gasteiger partial charge in [-0.05, 0) is 32.4 Å². The van der Waals surface area contributed by atoms with E-state index >= 15 is 0 Å². The highest BCUT2D eigenvalue weighted by molar-refractivity contribution is 6.48. The molecule has 2 rings (SSSR count). The molecule has 0 aromatic heterocycles. The molecular formula is C15H23NO3Si. The fraction of sp³-hybridized carbons (Fsp3) is 0.600. The SMILES string of the molecule is COc1cccc([Si]OC(C)C2CCCCN2)c1OC. The molecule has 1 heterocycles. The van der Waals surface area contributed by atoms with Crippen molar-refractivity contribution in [1.29, 1.82) is 0 Å². The summed E-state index contributed by atoms with van der Waals surface area (Å²) in [5.74, 6) is 1.53. The summed E-state index contributed by atoms with van der Waals surface area (Å²) in [6.07, 6.45) is 3.97. The molecule has 110 valence electrons. The lowest BCUT2D eigenvalue weighted by atomic mass is 10.0. The summed E-state index contributed by atoms with van der Waals surface area (Å²) >= 11 is 0. The van der Waals surface area contributed by atoms with Gasteiger partial charge in [-0.25, -0.2) is 0 Å². The lowest BCUT2D eigenvalue weighted by Crippen LogP contribution is -2.44. The quantitative estimate of drug-likeness (QED) is 0.807. The molecule has 1 fully saturated rings. The Hall–Kier alpha value is -1.04. The summed E-state index contributed by atoms with van der Waals surface area (Å²) in [5.41, 5.74) is 0. The maximum absolute atomic E-state index is 6.04. The van der Waals surface area contributed by atoms with Crippen LogP contribution in [0, 0.1) is 0 Å². The molecule has 2 atom stereocenters. The van der Waals surface area contributed by atoms with E-state index in [1.54, 1.807) is 14.2 Å². The molecule has 20 heavy (non-hydrogen) atoms. The average Bonchev–Trinajstić information content (AvgIpc) is 2.52. The van der Waals surface area contributed by atoms with Gasteiger partial charge in [0.1, 0.15) is 0 Å². The molecule has 0 amide bonds. The van der Waals surface area contributed by atoms with Crippen LogP contribution in [0.3, 0.4) is 0 Å². The second-order valence-corrected chi connectivity index (χ2v) is 6.00. The smallest absolute Gasteiger partial charge is 0.273 e. The first kappa shape index (κ1) is 15.3. The molecule has 2 radical (unpaired) electrons. The van der Waals surface area contributed by atoms with Crippen LogP contribution in [-0.4, -0.2) is 42.7 Å². The molecule has 0 saturated carbocycles. The van der Waals surface area contributed by atoms with Gasteiger partial charge in [0.05, 0.1) is 20.3 Å². The van der Waals surface area contributed by atoms with E-state index in [0.29, 0.717) is 6.04 Å². The van der Waals surface area contributed by atoms with Crippen molar-refractivity contribution >= 4 is 14.9 Å². The summed E-state index contributed by atoms with van der Waals surface area (Å²) in [7, 11) is 3.59. The van der Waals surface area contributed by atoms with Crippen LogP contribution in [0.4, 0.5) is 0 Å². The van der Waals surface area contributed by atoms with E-state index in [1.165, 1.54) is 19.3 Å². The third-order valence-corrected chi connectivity index (χ3v) is 4.78. The fourth-order valence-electron chi connectivity index (χ4n) is 2.49. The molecular weight excluding hydrogens is 270 g/mol. The van der Waals surface area contributed by atoms with E-state index in [4.69, 9.17) is 13.9 Å². The zero-order valence-corrected chi connectivity index (χ0v) is 13.4. The van der Waals surface area contributed by atoms with Crippen molar-refractivity contribution in [3.63, 3.8) is 0 Å². The highest BCUT2D eigenvalue weighted by Crippen LogP contribution is 2.23. The van der Waals surface area contributed by atoms with Crippen molar-refractivity contribution in [2.45, 2.75) is 38.3 Å². The Bertz CT molecular complexity index is 422. The second kappa shape index (κ2) is 7.66. The fourth-order valence-corrected chi connectivity index (χ4v) is 3.44. The van der Waals surface area contributed by atoms with E-state index in [9.17, 15) is 0 Å². The average molecular weight is 293 g/mol. The Morgan fingerprint density at radius 3 is 2.75 bits per heavy atom. The number of methoxy groups -OCH3 is 2. The van der Waals surface area contributed by atoms with Gasteiger partial charge in [-0.2, -0.15) is 0 Å². The van der Waals surface area contributed by atoms with Crippen molar-refractivity contribution in [2.75, 3.05) is 20.8 Å². The lowest BCUT2D eigenvalue weighted by Gasteiger charge is -2.29. The Labute approximate surface area is 123 Å². The van der Waals surface area contributed by atoms with Crippen LogP contribution >= 0.6 is 0 Å². The third-order valence-electron chi connectivity index (χ3n) is 3.67. The topological polar surface area (TPSA) is 39.7 Å². The molecule has 1 aromatic rings. The van der Waals surface area contributed by atoms with Gasteiger partial charge in [-0.15, -0.1) is 0 Å². The van der Waals surface area contributed by atoms with E-state index < -0.39 is 0 Å². The van der Waals surface area contributed by atoms with Gasteiger partial charge in [0.2, 0.25) is 0 Å². The van der Waals surface area contributed by atoms with Gasteiger partial charge in [0, 0.05) is 11.2 Å². The maximum Gasteiger partial charge on any atom is 0.273 e. The molecule has 1 aromatic carbocycles. The van der Waals surface area contributed by atoms with Crippen molar-refractivity contribution in [2.24, 2.45) is 0 Å². The maximum atomic E-state index is 6.04. The van der Waals surface area contributed by atoms with E-state index in [2.05, 4.69) is 12.2 Å². The molecule has 5 heteroatoms. The highest BCUT2D eigenvalue weighted by atomic mass is 28.2. The molecule has 1 aliphatic heterocycles. The summed E-state index contributed by atoms with van der Waals surface area (Å²) in [4.78, 5) is 0. The molecule has 4 nitrogen and oxygen atoms in total. The van der Waals surface area contributed by atoms with Crippen LogP contribution in [-0.2, 0) is 4.43 Å². The summed E-state index contributed by atoms with van der Waals surface area (Å²) in [6, 6.07) is 6.36. The van der Waals surface area contributed by atoms with Crippen LogP contribution in [0.1, 0.15) is 26.2 Å². The van der Waals surface area contributed by atoms with Gasteiger partial charge in [0.25, 0.3) is 9.76 Å². The first-order chi connectivity index (χ1) is 9.76. The number of hydrogen-bond donors (Lipinski definition) is 1. The number of rotatable bonds is 6. The number of nitrogens with one attached hydrogen (secondary N) is 1. The van der Waals surface area contributed by atoms with Crippen LogP contribution in [0.2, 0.25) is 0 Å². The van der Waals surface area contributed by atoms with Crippen LogP contribution in [0.5, 0.6) is 11.5 Å². The molecule has 2 unspecified atom stereocenters. The van der Waals surface area contributed by atoms with Crippen LogP contribution in [0.15, 0.2) is 18.2 Å². The van der Waals surface area contributed by atoms with Gasteiger partial charge >= 0.3 is 0 Å². The van der Waals surface area contributed by atoms with Gasteiger partial charge < -0.3 is 19.2 Å². The summed E-state index contributed by atoms with van der Waals surface area (Å²) in [6.45, 7) is 3.24. The van der Waals surface area contributed by atoms with Crippen LogP contribution < -0.4 is 20.0 Å². The minimum atomic E-state index is 0.213. The number of ether oxygens (including phenoxy) is 2. The number of para-hydroxylation sites is 1. The number of hydrogen-bond acceptors (Lipinski definition) is 4. The Kier molecular flexibility index (Phi) is 5.88. The Balaban J connectivity index is 1.96. The van der Waals surface area contributed by atoms with Gasteiger partial charge in [-0.3, -0.25) is 0 Å². The predicted molar refractivity (Wildman–Crippen MR) is 81.1 cm³/mol. The van der Waals surface area contributed by atoms with Crippen molar-refractivity contribution in [3.05, 3.63) is 18.2 Å². The minimum Gasteiger partial charge on any atom is -0.493 e. The monoisotopic (exact) mass is 293 g/mol. The zero-order valence-electron chi connectivity index (χ0n) is 12.4. The van der Waals surface area contributed by atoms with Crippen molar-refractivity contribution in [3.8, 4) is 11.5 Å². The highest BCUT2D eigenvalue weighted by Gasteiger charge is 2.21. The molecule has 0 spiro atoms. The largest absolute Gasteiger partial charge is 0.493 e. The third kappa shape index (κ3) is 3.74. The molecule has 1 aliphatic rings. The lowest BCUT2D eigenvalue weighted by molar-refractivity contribution is 0.162. The van der Waals surface area contributed by atoms with Crippen LogP contribution in [0.25, 0.3) is 0 Å². The molecule has 0 bridgehead atoms. The predicted octanol–water partition coefficient (Wildman–Crippen LogP) is 1.50. The molecule has 0 aliphatic carbocycles. The Morgan fingerprint density at radius 1 is 1.25 bits per heavy atom. The first-order valence-corrected chi connectivity index (χ1v) is 8.03. The molecule has 1 saturated heterocycles. The standard InChI is InChI=1S/C15H23NO3Si/c1-11(12-7-4-5-10-16-12)19-20-14-9-6-8-13(17-2)15(14)18-3/h6,8-9,11-12,16H,4-5,7,10H2,1-3H3. The van der Waals surface area contributed by atoms with Crippen molar-refractivity contribution < 1.29 is 13.9 Å². The number of benzene rings is 1. The number of piperidine rings is 1. The Morgan fingerprint density at radius 2 is 2.10 bits per heavy atom. The van der Waals surface area contributed by atoms with E-state index in [0.717, 1.165) is 23.2 Å². The first-order valence-electron chi connectivity index (χ1n) is 7.12. The van der Waals surface area contributed by atoms with E-state index in [1.807, 2.05) is 18.2 Å². The summed E-state index contributed by atoms with van der Waals surface area (Å²) < 4.78 is 16.8. The van der Waals surface area contributed by atoms with Gasteiger partial charge in [0.15, 0.2) is 11.5 Å². The normalized spacial score (nSPS) is 20.4. The zero-order chi connectivity index (χ0) is 14.4. The van der Waals surface area contributed by atoms with Gasteiger partial charge in [-0.1, -0.05) is 18.6 Å². The van der Waals surface area contributed by atoms with E-state index in [-0.39, 0.29) is 15.9 Å². The summed E-state index contributed by atoms with van der Waals surface area (Å²) in [5, 5.41) is 4.58. The second-order valence-electron chi connectivity index (χ2n) is 5.02. The van der Waals surface area contributed by atoms with Crippen molar-refractivity contribution in [1.82, 2.24) is 5.32 Å².